The molecule has 1 spiro atoms. The molecule has 1 atom stereocenters. The van der Waals surface area contributed by atoms with Crippen molar-refractivity contribution in [3.8, 4) is 0 Å². The van der Waals surface area contributed by atoms with Crippen LogP contribution < -0.4 is 0 Å². The Kier molecular flexibility index (Phi) is 3.82. The summed E-state index contributed by atoms with van der Waals surface area (Å²) < 4.78 is 6.18. The number of carbonyl (C=O) groups is 1. The molecule has 2 aliphatic rings. The summed E-state index contributed by atoms with van der Waals surface area (Å²) in [4.78, 5) is 18.2. The lowest BCUT2D eigenvalue weighted by Crippen LogP contribution is -2.60. The van der Waals surface area contributed by atoms with Crippen molar-refractivity contribution in [2.45, 2.75) is 23.9 Å². The monoisotopic (exact) mass is 330 g/mol. The lowest BCUT2D eigenvalue weighted by Gasteiger charge is -2.47. The summed E-state index contributed by atoms with van der Waals surface area (Å²) in [6, 6.07) is 5.67. The minimum Gasteiger partial charge on any atom is -0.373 e. The van der Waals surface area contributed by atoms with Gasteiger partial charge in [0.25, 0.3) is 5.91 Å². The number of likely N-dealkylation sites (tertiary alicyclic amines) is 1. The SMILES string of the molecule is O=C(c1ccn[nH]1)N1CC2(C[C@@H](OCc3cccnc3)CS2)C1. The Morgan fingerprint density at radius 3 is 3.09 bits per heavy atom. The van der Waals surface area contributed by atoms with Crippen LogP contribution in [-0.4, -0.2) is 55.7 Å². The normalized spacial score (nSPS) is 22.3. The summed E-state index contributed by atoms with van der Waals surface area (Å²) in [5.41, 5.74) is 1.66. The van der Waals surface area contributed by atoms with E-state index in [9.17, 15) is 4.79 Å². The average Bonchev–Trinajstić information content (AvgIpc) is 3.22. The van der Waals surface area contributed by atoms with Gasteiger partial charge in [0.05, 0.1) is 17.5 Å². The molecule has 1 amide bonds. The molecular weight excluding hydrogens is 312 g/mol. The van der Waals surface area contributed by atoms with Crippen molar-refractivity contribution in [2.24, 2.45) is 0 Å². The highest BCUT2D eigenvalue weighted by molar-refractivity contribution is 8.01. The van der Waals surface area contributed by atoms with Crippen molar-refractivity contribution < 1.29 is 9.53 Å². The summed E-state index contributed by atoms with van der Waals surface area (Å²) in [7, 11) is 0. The van der Waals surface area contributed by atoms with Crippen molar-refractivity contribution in [1.82, 2.24) is 20.1 Å². The topological polar surface area (TPSA) is 71.1 Å². The summed E-state index contributed by atoms with van der Waals surface area (Å²) in [5.74, 6) is 1.03. The first-order valence-corrected chi connectivity index (χ1v) is 8.66. The van der Waals surface area contributed by atoms with Gasteiger partial charge in [0.1, 0.15) is 5.69 Å². The van der Waals surface area contributed by atoms with Gasteiger partial charge in [-0.3, -0.25) is 14.9 Å². The highest BCUT2D eigenvalue weighted by atomic mass is 32.2. The van der Waals surface area contributed by atoms with Gasteiger partial charge in [-0.2, -0.15) is 5.10 Å². The third kappa shape index (κ3) is 2.98. The van der Waals surface area contributed by atoms with E-state index < -0.39 is 0 Å². The zero-order valence-electron chi connectivity index (χ0n) is 12.6. The predicted octanol–water partition coefficient (Wildman–Crippen LogP) is 1.72. The maximum atomic E-state index is 12.2. The molecule has 2 fully saturated rings. The van der Waals surface area contributed by atoms with E-state index in [1.54, 1.807) is 18.5 Å². The first-order chi connectivity index (χ1) is 11.2. The van der Waals surface area contributed by atoms with E-state index >= 15 is 0 Å². The van der Waals surface area contributed by atoms with Crippen LogP contribution in [0.1, 0.15) is 22.5 Å². The quantitative estimate of drug-likeness (QED) is 0.924. The Morgan fingerprint density at radius 1 is 1.43 bits per heavy atom. The Morgan fingerprint density at radius 2 is 2.35 bits per heavy atom. The van der Waals surface area contributed by atoms with E-state index in [1.807, 2.05) is 35.0 Å². The number of hydrogen-bond donors (Lipinski definition) is 1. The van der Waals surface area contributed by atoms with Crippen molar-refractivity contribution in [3.05, 3.63) is 48.0 Å². The Hall–Kier alpha value is -1.86. The number of hydrogen-bond acceptors (Lipinski definition) is 5. The van der Waals surface area contributed by atoms with Crippen LogP contribution in [0.25, 0.3) is 0 Å². The molecule has 120 valence electrons. The number of rotatable bonds is 4. The maximum absolute atomic E-state index is 12.2. The molecule has 0 saturated carbocycles. The van der Waals surface area contributed by atoms with Crippen molar-refractivity contribution >= 4 is 17.7 Å². The maximum Gasteiger partial charge on any atom is 0.271 e. The van der Waals surface area contributed by atoms with Crippen LogP contribution in [0, 0.1) is 0 Å². The van der Waals surface area contributed by atoms with E-state index in [1.165, 1.54) is 0 Å². The fourth-order valence-electron chi connectivity index (χ4n) is 3.17. The third-order valence-corrected chi connectivity index (χ3v) is 5.94. The summed E-state index contributed by atoms with van der Waals surface area (Å²) >= 11 is 1.93. The molecular formula is C16H18N4O2S. The third-order valence-electron chi connectivity index (χ3n) is 4.36. The van der Waals surface area contributed by atoms with Gasteiger partial charge in [-0.05, 0) is 24.1 Å². The highest BCUT2D eigenvalue weighted by Crippen LogP contribution is 2.46. The van der Waals surface area contributed by atoms with E-state index in [0.29, 0.717) is 12.3 Å². The van der Waals surface area contributed by atoms with E-state index in [4.69, 9.17) is 4.74 Å². The van der Waals surface area contributed by atoms with Gasteiger partial charge in [0.15, 0.2) is 0 Å². The number of ether oxygens (including phenoxy) is 1. The standard InChI is InChI=1S/C16H18N4O2S/c21-15(14-3-5-18-19-14)20-10-16(11-20)6-13(9-23-16)22-8-12-2-1-4-17-7-12/h1-5,7,13H,6,8-11H2,(H,18,19)/t13-/m1/s1. The predicted molar refractivity (Wildman–Crippen MR) is 87.1 cm³/mol. The number of nitrogens with one attached hydrogen (secondary N) is 1. The number of H-pyrrole nitrogens is 1. The molecule has 0 aliphatic carbocycles. The molecule has 4 rings (SSSR count). The van der Waals surface area contributed by atoms with Gasteiger partial charge in [0.2, 0.25) is 0 Å². The van der Waals surface area contributed by atoms with Crippen molar-refractivity contribution in [1.29, 1.82) is 0 Å². The Bertz CT molecular complexity index is 671. The fourth-order valence-corrected chi connectivity index (χ4v) is 4.72. The molecule has 2 aliphatic heterocycles. The van der Waals surface area contributed by atoms with Gasteiger partial charge in [-0.25, -0.2) is 0 Å². The second-order valence-corrected chi connectivity index (χ2v) is 7.61. The van der Waals surface area contributed by atoms with Crippen LogP contribution in [-0.2, 0) is 11.3 Å². The fraction of sp³-hybridized carbons (Fsp3) is 0.438. The van der Waals surface area contributed by atoms with Crippen LogP contribution in [0.2, 0.25) is 0 Å². The minimum atomic E-state index is 0.0356. The summed E-state index contributed by atoms with van der Waals surface area (Å²) in [5, 5.41) is 6.57. The molecule has 2 aromatic heterocycles. The van der Waals surface area contributed by atoms with Gasteiger partial charge in [-0.1, -0.05) is 6.07 Å². The number of aromatic amines is 1. The van der Waals surface area contributed by atoms with Crippen LogP contribution in [0.4, 0.5) is 0 Å². The van der Waals surface area contributed by atoms with Crippen molar-refractivity contribution in [3.63, 3.8) is 0 Å². The summed E-state index contributed by atoms with van der Waals surface area (Å²) in [6.07, 6.45) is 6.47. The van der Waals surface area contributed by atoms with Gasteiger partial charge in [-0.15, -0.1) is 11.8 Å². The van der Waals surface area contributed by atoms with E-state index in [-0.39, 0.29) is 16.8 Å². The first-order valence-electron chi connectivity index (χ1n) is 7.67. The van der Waals surface area contributed by atoms with E-state index in [2.05, 4.69) is 15.2 Å². The number of nitrogens with zero attached hydrogens (tertiary/aromatic N) is 3. The van der Waals surface area contributed by atoms with Gasteiger partial charge < -0.3 is 9.64 Å². The van der Waals surface area contributed by atoms with E-state index in [0.717, 1.165) is 30.8 Å². The van der Waals surface area contributed by atoms with Gasteiger partial charge in [0, 0.05) is 37.4 Å². The number of aromatic nitrogens is 3. The van der Waals surface area contributed by atoms with Crippen LogP contribution in [0.3, 0.4) is 0 Å². The number of carbonyl (C=O) groups excluding carboxylic acids is 1. The Balaban J connectivity index is 1.27. The summed E-state index contributed by atoms with van der Waals surface area (Å²) in [6.45, 7) is 2.19. The highest BCUT2D eigenvalue weighted by Gasteiger charge is 2.51. The second-order valence-electron chi connectivity index (χ2n) is 6.12. The largest absolute Gasteiger partial charge is 0.373 e. The smallest absolute Gasteiger partial charge is 0.271 e. The minimum absolute atomic E-state index is 0.0356. The van der Waals surface area contributed by atoms with Crippen LogP contribution in [0.15, 0.2) is 36.8 Å². The number of amides is 1. The molecule has 0 unspecified atom stereocenters. The molecule has 0 radical (unpaired) electrons. The van der Waals surface area contributed by atoms with Gasteiger partial charge >= 0.3 is 0 Å². The molecule has 0 aromatic carbocycles. The number of thioether (sulfide) groups is 1. The molecule has 7 heteroatoms. The zero-order chi connectivity index (χ0) is 15.7. The first kappa shape index (κ1) is 14.7. The molecule has 0 bridgehead atoms. The van der Waals surface area contributed by atoms with Crippen LogP contribution in [0.5, 0.6) is 0 Å². The zero-order valence-corrected chi connectivity index (χ0v) is 13.5. The molecule has 23 heavy (non-hydrogen) atoms. The van der Waals surface area contributed by atoms with Crippen LogP contribution >= 0.6 is 11.8 Å². The lowest BCUT2D eigenvalue weighted by atomic mass is 9.92. The molecule has 4 heterocycles. The second kappa shape index (κ2) is 5.98. The molecule has 6 nitrogen and oxygen atoms in total. The Labute approximate surface area is 138 Å². The molecule has 1 N–H and O–H groups in total. The molecule has 2 aromatic rings. The van der Waals surface area contributed by atoms with Crippen molar-refractivity contribution in [2.75, 3.05) is 18.8 Å². The average molecular weight is 330 g/mol. The lowest BCUT2D eigenvalue weighted by molar-refractivity contribution is 0.0252. The molecule has 2 saturated heterocycles. The number of pyridine rings is 1.